The van der Waals surface area contributed by atoms with Crippen LogP contribution >= 0.6 is 0 Å². The van der Waals surface area contributed by atoms with Crippen molar-refractivity contribution in [3.05, 3.63) is 82.3 Å². The maximum absolute atomic E-state index is 13.4. The lowest BCUT2D eigenvalue weighted by Crippen LogP contribution is -2.49. The first-order valence-corrected chi connectivity index (χ1v) is 10.7. The maximum Gasteiger partial charge on any atom is 0.279 e. The number of fused-ring (bicyclic) bond motifs is 1. The third-order valence-electron chi connectivity index (χ3n) is 5.98. The highest BCUT2D eigenvalue weighted by Gasteiger charge is 2.28. The van der Waals surface area contributed by atoms with Crippen LogP contribution in [0.3, 0.4) is 0 Å². The Morgan fingerprint density at radius 1 is 0.939 bits per heavy atom. The normalized spacial score (nSPS) is 14.2. The van der Waals surface area contributed by atoms with E-state index in [-0.39, 0.29) is 28.5 Å². The van der Waals surface area contributed by atoms with E-state index in [2.05, 4.69) is 15.0 Å². The van der Waals surface area contributed by atoms with Crippen molar-refractivity contribution in [2.75, 3.05) is 31.1 Å². The van der Waals surface area contributed by atoms with E-state index in [0.29, 0.717) is 37.4 Å². The van der Waals surface area contributed by atoms with Gasteiger partial charge in [0.25, 0.3) is 11.5 Å². The lowest BCUT2D eigenvalue weighted by molar-refractivity contribution is 0.0742. The molecule has 1 amide bonds. The van der Waals surface area contributed by atoms with E-state index in [0.717, 1.165) is 11.3 Å². The van der Waals surface area contributed by atoms with Gasteiger partial charge in [0.15, 0.2) is 11.2 Å². The number of nitrogens with zero attached hydrogens (tertiary/aromatic N) is 6. The van der Waals surface area contributed by atoms with E-state index >= 15 is 0 Å². The van der Waals surface area contributed by atoms with Crippen molar-refractivity contribution in [3.63, 3.8) is 0 Å². The summed E-state index contributed by atoms with van der Waals surface area (Å²) in [5.74, 6) is -0.535. The molecule has 4 aromatic rings. The second kappa shape index (κ2) is 8.16. The number of aromatic nitrogens is 4. The van der Waals surface area contributed by atoms with Crippen LogP contribution in [0.2, 0.25) is 0 Å². The van der Waals surface area contributed by atoms with Crippen molar-refractivity contribution in [2.24, 2.45) is 7.05 Å². The molecule has 5 rings (SSSR count). The second-order valence-electron chi connectivity index (χ2n) is 8.21. The van der Waals surface area contributed by atoms with Gasteiger partial charge in [0.1, 0.15) is 11.3 Å². The molecule has 168 valence electrons. The van der Waals surface area contributed by atoms with E-state index in [1.54, 1.807) is 24.1 Å². The van der Waals surface area contributed by atoms with Crippen molar-refractivity contribution < 1.29 is 9.18 Å². The molecule has 1 fully saturated rings. The highest BCUT2D eigenvalue weighted by atomic mass is 19.1. The van der Waals surface area contributed by atoms with E-state index in [9.17, 15) is 14.0 Å². The highest BCUT2D eigenvalue weighted by Crippen LogP contribution is 2.22. The molecule has 2 aromatic heterocycles. The van der Waals surface area contributed by atoms with E-state index in [1.807, 2.05) is 31.2 Å². The van der Waals surface area contributed by atoms with Gasteiger partial charge in [-0.2, -0.15) is 5.10 Å². The van der Waals surface area contributed by atoms with Gasteiger partial charge in [-0.3, -0.25) is 9.59 Å². The standard InChI is InChI=1S/C24H23FN6O2/c1-16-3-7-19(8-4-16)31-22-20(26-15-28(2)24(22)33)21(27-31)23(32)30-13-11-29(12-14-30)18-9-5-17(25)6-10-18/h3-10,15H,11-14H2,1-2H3. The summed E-state index contributed by atoms with van der Waals surface area (Å²) in [7, 11) is 1.62. The molecule has 1 saturated heterocycles. The van der Waals surface area contributed by atoms with Gasteiger partial charge in [-0.05, 0) is 43.3 Å². The summed E-state index contributed by atoms with van der Waals surface area (Å²) in [5, 5.41) is 4.55. The van der Waals surface area contributed by atoms with Crippen LogP contribution < -0.4 is 10.5 Å². The zero-order valence-electron chi connectivity index (χ0n) is 18.4. The number of piperazine rings is 1. The Balaban J connectivity index is 1.47. The third-order valence-corrected chi connectivity index (χ3v) is 5.98. The number of carbonyl (C=O) groups is 1. The van der Waals surface area contributed by atoms with Gasteiger partial charge < -0.3 is 14.4 Å². The van der Waals surface area contributed by atoms with Crippen LogP contribution in [0, 0.1) is 12.7 Å². The van der Waals surface area contributed by atoms with Gasteiger partial charge in [0.05, 0.1) is 12.0 Å². The summed E-state index contributed by atoms with van der Waals surface area (Å²) in [6.07, 6.45) is 1.41. The van der Waals surface area contributed by atoms with Crippen LogP contribution in [0.5, 0.6) is 0 Å². The molecule has 8 nitrogen and oxygen atoms in total. The quantitative estimate of drug-likeness (QED) is 0.484. The largest absolute Gasteiger partial charge is 0.368 e. The fourth-order valence-corrected chi connectivity index (χ4v) is 4.07. The number of carbonyl (C=O) groups excluding carboxylic acids is 1. The van der Waals surface area contributed by atoms with Crippen molar-refractivity contribution >= 4 is 22.6 Å². The molecular formula is C24H23FN6O2. The molecule has 0 N–H and O–H groups in total. The summed E-state index contributed by atoms with van der Waals surface area (Å²) in [6.45, 7) is 4.18. The lowest BCUT2D eigenvalue weighted by atomic mass is 10.2. The first-order chi connectivity index (χ1) is 15.9. The Morgan fingerprint density at radius 2 is 1.58 bits per heavy atom. The Hall–Kier alpha value is -4.01. The number of hydrogen-bond donors (Lipinski definition) is 0. The molecule has 1 aliphatic heterocycles. The van der Waals surface area contributed by atoms with E-state index in [4.69, 9.17) is 0 Å². The maximum atomic E-state index is 13.4. The van der Waals surface area contributed by atoms with Crippen LogP contribution in [0.4, 0.5) is 10.1 Å². The number of aryl methyl sites for hydroxylation is 2. The van der Waals surface area contributed by atoms with Crippen molar-refractivity contribution in [2.45, 2.75) is 6.92 Å². The molecular weight excluding hydrogens is 423 g/mol. The number of hydrogen-bond acceptors (Lipinski definition) is 5. The lowest BCUT2D eigenvalue weighted by Gasteiger charge is -2.35. The topological polar surface area (TPSA) is 76.3 Å². The first kappa shape index (κ1) is 20.9. The molecule has 33 heavy (non-hydrogen) atoms. The van der Waals surface area contributed by atoms with Gasteiger partial charge >= 0.3 is 0 Å². The third kappa shape index (κ3) is 3.75. The molecule has 0 unspecified atom stereocenters. The minimum atomic E-state index is -0.276. The Labute approximate surface area is 189 Å². The van der Waals surface area contributed by atoms with Crippen LogP contribution in [-0.4, -0.2) is 56.3 Å². The average Bonchev–Trinajstić information content (AvgIpc) is 3.22. The number of amides is 1. The van der Waals surface area contributed by atoms with Crippen LogP contribution in [0.1, 0.15) is 16.1 Å². The monoisotopic (exact) mass is 446 g/mol. The van der Waals surface area contributed by atoms with Gasteiger partial charge in [-0.1, -0.05) is 17.7 Å². The molecule has 0 atom stereocenters. The summed E-state index contributed by atoms with van der Waals surface area (Å²) < 4.78 is 16.1. The summed E-state index contributed by atoms with van der Waals surface area (Å²) in [4.78, 5) is 34.6. The van der Waals surface area contributed by atoms with Gasteiger partial charge in [-0.15, -0.1) is 0 Å². The molecule has 0 radical (unpaired) electrons. The molecule has 0 saturated carbocycles. The van der Waals surface area contributed by atoms with Gasteiger partial charge in [0, 0.05) is 38.9 Å². The Bertz CT molecular complexity index is 1380. The van der Waals surface area contributed by atoms with E-state index in [1.165, 1.54) is 27.7 Å². The predicted molar refractivity (Wildman–Crippen MR) is 123 cm³/mol. The molecule has 9 heteroatoms. The fraction of sp³-hybridized carbons (Fsp3) is 0.250. The van der Waals surface area contributed by atoms with Gasteiger partial charge in [0.2, 0.25) is 0 Å². The molecule has 0 bridgehead atoms. The van der Waals surface area contributed by atoms with Gasteiger partial charge in [-0.25, -0.2) is 14.1 Å². The van der Waals surface area contributed by atoms with Crippen molar-refractivity contribution in [1.82, 2.24) is 24.2 Å². The number of anilines is 1. The van der Waals surface area contributed by atoms with Crippen molar-refractivity contribution in [1.29, 1.82) is 0 Å². The predicted octanol–water partition coefficient (Wildman–Crippen LogP) is 2.53. The minimum Gasteiger partial charge on any atom is -0.368 e. The Morgan fingerprint density at radius 3 is 2.24 bits per heavy atom. The number of halogens is 1. The van der Waals surface area contributed by atoms with E-state index < -0.39 is 0 Å². The molecule has 2 aromatic carbocycles. The smallest absolute Gasteiger partial charge is 0.279 e. The minimum absolute atomic E-state index is 0.165. The number of benzene rings is 2. The summed E-state index contributed by atoms with van der Waals surface area (Å²) in [6, 6.07) is 13.9. The van der Waals surface area contributed by atoms with Crippen molar-refractivity contribution in [3.8, 4) is 5.69 Å². The SMILES string of the molecule is Cc1ccc(-n2nc(C(=O)N3CCN(c4ccc(F)cc4)CC3)c3ncn(C)c(=O)c32)cc1. The second-order valence-corrected chi connectivity index (χ2v) is 8.21. The highest BCUT2D eigenvalue weighted by molar-refractivity contribution is 6.03. The average molecular weight is 446 g/mol. The Kier molecular flexibility index (Phi) is 5.16. The molecule has 0 aliphatic carbocycles. The first-order valence-electron chi connectivity index (χ1n) is 10.7. The van der Waals surface area contributed by atoms with Crippen LogP contribution in [0.25, 0.3) is 16.7 Å². The zero-order chi connectivity index (χ0) is 23.1. The molecule has 1 aliphatic rings. The van der Waals surface area contributed by atoms with Crippen LogP contribution in [0.15, 0.2) is 59.7 Å². The van der Waals surface area contributed by atoms with Crippen LogP contribution in [-0.2, 0) is 7.05 Å². The molecule has 0 spiro atoms. The number of rotatable bonds is 3. The fourth-order valence-electron chi connectivity index (χ4n) is 4.07. The zero-order valence-corrected chi connectivity index (χ0v) is 18.4. The summed E-state index contributed by atoms with van der Waals surface area (Å²) in [5.41, 5.74) is 3.16. The summed E-state index contributed by atoms with van der Waals surface area (Å²) >= 11 is 0. The molecule has 3 heterocycles.